The molecule has 0 aliphatic carbocycles. The highest BCUT2D eigenvalue weighted by Gasteiger charge is 2.29. The number of allylic oxidation sites excluding steroid dienone is 2. The Hall–Kier alpha value is -3.30. The number of aromatic nitrogens is 1. The molecule has 0 spiro atoms. The Balaban J connectivity index is 1.53. The summed E-state index contributed by atoms with van der Waals surface area (Å²) in [4.78, 5) is 4.20. The number of rotatable bonds is 8. The van der Waals surface area contributed by atoms with Gasteiger partial charge in [-0.1, -0.05) is 59.6 Å². The van der Waals surface area contributed by atoms with Crippen molar-refractivity contribution >= 4 is 61.9 Å². The van der Waals surface area contributed by atoms with E-state index in [9.17, 15) is 13.0 Å². The number of halogens is 2. The minimum atomic E-state index is -4.15. The van der Waals surface area contributed by atoms with Crippen LogP contribution in [0.4, 0.5) is 11.4 Å². The normalized spacial score (nSPS) is 15.5. The van der Waals surface area contributed by atoms with Crippen molar-refractivity contribution in [3.05, 3.63) is 94.6 Å². The third-order valence-corrected chi connectivity index (χ3v) is 9.17. The van der Waals surface area contributed by atoms with Crippen LogP contribution in [0.2, 0.25) is 10.0 Å². The van der Waals surface area contributed by atoms with Gasteiger partial charge in [-0.3, -0.25) is 4.55 Å². The Morgan fingerprint density at radius 1 is 1.02 bits per heavy atom. The molecule has 3 aromatic carbocycles. The van der Waals surface area contributed by atoms with Crippen molar-refractivity contribution in [2.24, 2.45) is 0 Å². The van der Waals surface area contributed by atoms with Gasteiger partial charge in [-0.2, -0.15) is 13.0 Å². The van der Waals surface area contributed by atoms with E-state index in [0.717, 1.165) is 40.4 Å². The van der Waals surface area contributed by atoms with Crippen molar-refractivity contribution in [1.82, 2.24) is 0 Å². The summed E-state index contributed by atoms with van der Waals surface area (Å²) in [5.74, 6) is 1.51. The average molecular weight is 600 g/mol. The molecule has 1 aliphatic rings. The van der Waals surface area contributed by atoms with Gasteiger partial charge >= 0.3 is 5.89 Å². The second-order valence-electron chi connectivity index (χ2n) is 9.70. The van der Waals surface area contributed by atoms with Crippen molar-refractivity contribution in [3.8, 4) is 11.1 Å². The first-order chi connectivity index (χ1) is 19.1. The number of hydrogen-bond donors (Lipinski definition) is 1. The number of hydrogen-bond acceptors (Lipinski definition) is 5. The minimum absolute atomic E-state index is 0.221. The summed E-state index contributed by atoms with van der Waals surface area (Å²) in [5.41, 5.74) is 5.53. The van der Waals surface area contributed by atoms with Crippen LogP contribution in [0.25, 0.3) is 28.3 Å². The summed E-state index contributed by atoms with van der Waals surface area (Å²) in [6.45, 7) is 4.64. The third-order valence-electron chi connectivity index (χ3n) is 7.20. The minimum Gasteiger partial charge on any atom is -0.398 e. The van der Waals surface area contributed by atoms with Crippen LogP contribution in [0.1, 0.15) is 26.2 Å². The summed E-state index contributed by atoms with van der Waals surface area (Å²) < 4.78 is 41.1. The van der Waals surface area contributed by atoms with Crippen molar-refractivity contribution in [2.75, 3.05) is 23.4 Å². The van der Waals surface area contributed by atoms with Crippen LogP contribution >= 0.6 is 23.2 Å². The average Bonchev–Trinajstić information content (AvgIpc) is 3.40. The van der Waals surface area contributed by atoms with E-state index in [1.54, 1.807) is 0 Å². The van der Waals surface area contributed by atoms with Gasteiger partial charge in [0.15, 0.2) is 6.54 Å². The lowest BCUT2D eigenvalue weighted by molar-refractivity contribution is -0.678. The first kappa shape index (κ1) is 28.2. The van der Waals surface area contributed by atoms with Crippen LogP contribution in [-0.4, -0.2) is 31.8 Å². The number of fused-ring (bicyclic) bond motifs is 2. The molecule has 5 rings (SSSR count). The van der Waals surface area contributed by atoms with Gasteiger partial charge in [-0.25, -0.2) is 0 Å². The standard InChI is InChI=1S/C30H29Cl2N3O4S/c1-4-34-26-19-24(32)23(31)18-25(26)33(3)29(34)11-8-12-30-35(16-15-20(2)40(36,37)38)27-17-22(13-14-28(27)39-30)21-9-6-5-7-10-21/h5-14,17-20H,4,15-16H2,1-3H3/p+1. The van der Waals surface area contributed by atoms with Crippen molar-refractivity contribution in [3.63, 3.8) is 0 Å². The van der Waals surface area contributed by atoms with Gasteiger partial charge in [0.05, 0.1) is 32.7 Å². The Morgan fingerprint density at radius 3 is 2.40 bits per heavy atom. The summed E-state index contributed by atoms with van der Waals surface area (Å²) in [5, 5.41) is 0.0856. The van der Waals surface area contributed by atoms with E-state index in [0.29, 0.717) is 28.1 Å². The van der Waals surface area contributed by atoms with E-state index in [-0.39, 0.29) is 6.42 Å². The Morgan fingerprint density at radius 2 is 1.73 bits per heavy atom. The van der Waals surface area contributed by atoms with E-state index in [1.807, 2.05) is 90.5 Å². The summed E-state index contributed by atoms with van der Waals surface area (Å²) >= 11 is 12.6. The van der Waals surface area contributed by atoms with Crippen LogP contribution in [-0.2, 0) is 16.7 Å². The predicted octanol–water partition coefficient (Wildman–Crippen LogP) is 7.19. The van der Waals surface area contributed by atoms with E-state index in [1.165, 1.54) is 6.92 Å². The van der Waals surface area contributed by atoms with Gasteiger partial charge in [0, 0.05) is 26.1 Å². The van der Waals surface area contributed by atoms with Crippen LogP contribution < -0.4 is 14.4 Å². The lowest BCUT2D eigenvalue weighted by Crippen LogP contribution is -2.37. The highest BCUT2D eigenvalue weighted by molar-refractivity contribution is 7.86. The Labute approximate surface area is 244 Å². The molecule has 0 saturated heterocycles. The van der Waals surface area contributed by atoms with Crippen molar-refractivity contribution in [2.45, 2.75) is 32.1 Å². The fourth-order valence-corrected chi connectivity index (χ4v) is 5.63. The van der Waals surface area contributed by atoms with E-state index >= 15 is 0 Å². The lowest BCUT2D eigenvalue weighted by atomic mass is 10.1. The maximum atomic E-state index is 11.7. The molecule has 208 valence electrons. The molecule has 2 heterocycles. The molecule has 40 heavy (non-hydrogen) atoms. The zero-order valence-electron chi connectivity index (χ0n) is 22.4. The van der Waals surface area contributed by atoms with Gasteiger partial charge in [-0.05, 0) is 55.3 Å². The summed E-state index contributed by atoms with van der Waals surface area (Å²) in [7, 11) is -2.18. The molecule has 7 nitrogen and oxygen atoms in total. The maximum absolute atomic E-state index is 11.7. The second kappa shape index (κ2) is 11.3. The van der Waals surface area contributed by atoms with E-state index in [4.69, 9.17) is 27.6 Å². The third kappa shape index (κ3) is 5.49. The maximum Gasteiger partial charge on any atom is 0.374 e. The quantitative estimate of drug-likeness (QED) is 0.171. The summed E-state index contributed by atoms with van der Waals surface area (Å²) in [6, 6.07) is 19.7. The van der Waals surface area contributed by atoms with Gasteiger partial charge in [0.1, 0.15) is 5.82 Å². The van der Waals surface area contributed by atoms with Gasteiger partial charge in [0.2, 0.25) is 5.58 Å². The molecule has 1 N–H and O–H groups in total. The van der Waals surface area contributed by atoms with E-state index < -0.39 is 15.4 Å². The number of nitrogens with zero attached hydrogens (tertiary/aromatic N) is 3. The smallest absolute Gasteiger partial charge is 0.374 e. The van der Waals surface area contributed by atoms with Crippen molar-refractivity contribution < 1.29 is 22.0 Å². The molecule has 1 aliphatic heterocycles. The first-order valence-electron chi connectivity index (χ1n) is 12.9. The molecule has 10 heteroatoms. The Bertz CT molecular complexity index is 1730. The molecule has 1 unspecified atom stereocenters. The SMILES string of the molecule is CCN1C(=CC=Cc2oc3ccc(-c4ccccc4)cc3[n+]2CCC(C)S(=O)(=O)O)N(C)c2cc(Cl)c(Cl)cc21. The van der Waals surface area contributed by atoms with Gasteiger partial charge in [-0.15, -0.1) is 0 Å². The molecule has 0 radical (unpaired) electrons. The van der Waals surface area contributed by atoms with Crippen LogP contribution in [0.5, 0.6) is 0 Å². The predicted molar refractivity (Wildman–Crippen MR) is 162 cm³/mol. The van der Waals surface area contributed by atoms with Gasteiger partial charge in [0.25, 0.3) is 15.6 Å². The number of anilines is 2. The van der Waals surface area contributed by atoms with E-state index in [2.05, 4.69) is 16.7 Å². The van der Waals surface area contributed by atoms with Crippen LogP contribution in [0.3, 0.4) is 0 Å². The van der Waals surface area contributed by atoms with Crippen LogP contribution in [0.15, 0.2) is 83.1 Å². The number of aryl methyl sites for hydroxylation is 1. The van der Waals surface area contributed by atoms with Crippen LogP contribution in [0, 0.1) is 0 Å². The number of oxazole rings is 1. The number of benzene rings is 3. The largest absolute Gasteiger partial charge is 0.398 e. The lowest BCUT2D eigenvalue weighted by Gasteiger charge is -2.20. The second-order valence-corrected chi connectivity index (χ2v) is 12.3. The molecule has 0 amide bonds. The zero-order chi connectivity index (χ0) is 28.6. The molecule has 0 fully saturated rings. The highest BCUT2D eigenvalue weighted by atomic mass is 35.5. The molecule has 1 atom stereocenters. The molecular formula is C30H30Cl2N3O4S+. The summed E-state index contributed by atoms with van der Waals surface area (Å²) in [6.07, 6.45) is 5.97. The fraction of sp³-hybridized carbons (Fsp3) is 0.233. The zero-order valence-corrected chi connectivity index (χ0v) is 24.7. The molecular weight excluding hydrogens is 569 g/mol. The molecule has 4 aromatic rings. The molecule has 0 saturated carbocycles. The molecule has 0 bridgehead atoms. The highest BCUT2D eigenvalue weighted by Crippen LogP contribution is 2.44. The van der Waals surface area contributed by atoms with Gasteiger partial charge < -0.3 is 14.2 Å². The monoisotopic (exact) mass is 598 g/mol. The molecule has 1 aromatic heterocycles. The first-order valence-corrected chi connectivity index (χ1v) is 15.2. The fourth-order valence-electron chi connectivity index (χ4n) is 4.91. The van der Waals surface area contributed by atoms with Crippen molar-refractivity contribution in [1.29, 1.82) is 0 Å². The Kier molecular flexibility index (Phi) is 7.97. The topological polar surface area (TPSA) is 77.9 Å².